The molecule has 0 amide bonds. The molecule has 2 aromatic carbocycles. The first-order valence-corrected chi connectivity index (χ1v) is 16.3. The molecule has 2 unspecified atom stereocenters. The summed E-state index contributed by atoms with van der Waals surface area (Å²) in [6.45, 7) is 14.6. The molecule has 0 spiro atoms. The third kappa shape index (κ3) is 9.99. The quantitative estimate of drug-likeness (QED) is 0.126. The van der Waals surface area contributed by atoms with Gasteiger partial charge in [-0.3, -0.25) is 4.79 Å². The molecule has 0 bridgehead atoms. The number of unbranched alkanes of at least 4 members (excludes halogenated alkanes) is 3. The van der Waals surface area contributed by atoms with Gasteiger partial charge in [-0.25, -0.2) is 0 Å². The predicted octanol–water partition coefficient (Wildman–Crippen LogP) is 10.4. The number of furan rings is 1. The van der Waals surface area contributed by atoms with Crippen molar-refractivity contribution in [1.29, 1.82) is 0 Å². The lowest BCUT2D eigenvalue weighted by molar-refractivity contribution is -0.166. The van der Waals surface area contributed by atoms with Gasteiger partial charge in [0.2, 0.25) is 0 Å². The molecule has 8 heteroatoms. The van der Waals surface area contributed by atoms with E-state index in [1.807, 2.05) is 27.7 Å². The van der Waals surface area contributed by atoms with Crippen LogP contribution in [-0.4, -0.2) is 30.4 Å². The van der Waals surface area contributed by atoms with E-state index >= 15 is 0 Å². The first-order chi connectivity index (χ1) is 21.0. The summed E-state index contributed by atoms with van der Waals surface area (Å²) in [5.41, 5.74) is -0.480. The molecule has 0 radical (unpaired) electrons. The van der Waals surface area contributed by atoms with Crippen molar-refractivity contribution in [3.8, 4) is 17.1 Å². The number of aryl methyl sites for hydroxylation is 1. The van der Waals surface area contributed by atoms with Gasteiger partial charge in [0.15, 0.2) is 0 Å². The summed E-state index contributed by atoms with van der Waals surface area (Å²) in [6, 6.07) is 11.3. The molecule has 45 heavy (non-hydrogen) atoms. The second-order valence-corrected chi connectivity index (χ2v) is 13.9. The number of carbonyl (C=O) groups excluding carboxylic acids is 1. The van der Waals surface area contributed by atoms with Crippen molar-refractivity contribution in [2.45, 2.75) is 112 Å². The van der Waals surface area contributed by atoms with Gasteiger partial charge in [-0.15, -0.1) is 0 Å². The van der Waals surface area contributed by atoms with Crippen LogP contribution >= 0.6 is 0 Å². The number of fused-ring (bicyclic) bond motifs is 1. The number of aliphatic hydroxyl groups is 1. The largest absolute Gasteiger partial charge is 0.493 e. The SMILES string of the molecule is CCCCCc1ccc(-c2cc3ccc(OCCCCC(O)COC(=O)C(C)(CC(C)C)C(C)(C)C)cc3o2)c(C(F)(F)F)c1. The minimum absolute atomic E-state index is 0.0209. The van der Waals surface area contributed by atoms with Gasteiger partial charge in [-0.1, -0.05) is 66.5 Å². The van der Waals surface area contributed by atoms with Crippen molar-refractivity contribution in [1.82, 2.24) is 0 Å². The average molecular weight is 633 g/mol. The predicted molar refractivity (Wildman–Crippen MR) is 173 cm³/mol. The third-order valence-electron chi connectivity index (χ3n) is 8.74. The number of hydrogen-bond donors (Lipinski definition) is 1. The van der Waals surface area contributed by atoms with Crippen LogP contribution in [0, 0.1) is 16.7 Å². The molecule has 0 aliphatic carbocycles. The highest BCUT2D eigenvalue weighted by Gasteiger charge is 2.46. The van der Waals surface area contributed by atoms with E-state index in [9.17, 15) is 23.1 Å². The average Bonchev–Trinajstić information content (AvgIpc) is 3.37. The molecule has 5 nitrogen and oxygen atoms in total. The summed E-state index contributed by atoms with van der Waals surface area (Å²) >= 11 is 0. The number of aliphatic hydroxyl groups excluding tert-OH is 1. The van der Waals surface area contributed by atoms with Crippen LogP contribution in [0.25, 0.3) is 22.3 Å². The maximum absolute atomic E-state index is 14.0. The molecule has 3 aromatic rings. The van der Waals surface area contributed by atoms with Crippen LogP contribution in [0.5, 0.6) is 5.75 Å². The van der Waals surface area contributed by atoms with Crippen LogP contribution in [0.4, 0.5) is 13.2 Å². The maximum atomic E-state index is 14.0. The molecule has 1 N–H and O–H groups in total. The lowest BCUT2D eigenvalue weighted by Crippen LogP contribution is -2.43. The molecule has 1 aromatic heterocycles. The van der Waals surface area contributed by atoms with E-state index < -0.39 is 23.3 Å². The van der Waals surface area contributed by atoms with Gasteiger partial charge in [-0.05, 0) is 86.6 Å². The standard InChI is InChI=1S/C37H51F3O5/c1-8-9-10-13-26-15-18-30(31(20-26)37(38,39)40)33-21-27-16-17-29(22-32(27)45-33)43-19-12-11-14-28(41)24-44-34(42)36(7,23-25(2)3)35(4,5)6/h15-18,20-22,25,28,41H,8-14,19,23-24H2,1-7H3. The van der Waals surface area contributed by atoms with Crippen LogP contribution in [-0.2, 0) is 22.1 Å². The first-order valence-electron chi connectivity index (χ1n) is 16.3. The zero-order valence-electron chi connectivity index (χ0n) is 28.0. The fraction of sp³-hybridized carbons (Fsp3) is 0.595. The van der Waals surface area contributed by atoms with Gasteiger partial charge in [0.25, 0.3) is 0 Å². The Kier molecular flexibility index (Phi) is 12.6. The number of carbonyl (C=O) groups is 1. The minimum atomic E-state index is -4.50. The van der Waals surface area contributed by atoms with Gasteiger partial charge in [-0.2, -0.15) is 13.2 Å². The van der Waals surface area contributed by atoms with Crippen molar-refractivity contribution in [3.63, 3.8) is 0 Å². The summed E-state index contributed by atoms with van der Waals surface area (Å²) in [6.07, 6.45) is 0.691. The van der Waals surface area contributed by atoms with Gasteiger partial charge >= 0.3 is 12.1 Å². The number of benzene rings is 2. The lowest BCUT2D eigenvalue weighted by atomic mass is 9.64. The number of ether oxygens (including phenoxy) is 2. The van der Waals surface area contributed by atoms with Gasteiger partial charge in [0, 0.05) is 17.0 Å². The Labute approximate surface area is 266 Å². The van der Waals surface area contributed by atoms with E-state index in [2.05, 4.69) is 20.8 Å². The Hall–Kier alpha value is -3.00. The Balaban J connectivity index is 1.53. The highest BCUT2D eigenvalue weighted by Crippen LogP contribution is 2.44. The van der Waals surface area contributed by atoms with Gasteiger partial charge in [0.1, 0.15) is 23.7 Å². The second-order valence-electron chi connectivity index (χ2n) is 13.9. The number of hydrogen-bond acceptors (Lipinski definition) is 5. The van der Waals surface area contributed by atoms with Gasteiger partial charge < -0.3 is 19.0 Å². The molecule has 0 saturated carbocycles. The summed E-state index contributed by atoms with van der Waals surface area (Å²) in [4.78, 5) is 13.0. The molecular formula is C37H51F3O5. The Morgan fingerprint density at radius 2 is 1.69 bits per heavy atom. The maximum Gasteiger partial charge on any atom is 0.417 e. The smallest absolute Gasteiger partial charge is 0.417 e. The molecular weight excluding hydrogens is 581 g/mol. The lowest BCUT2D eigenvalue weighted by Gasteiger charge is -2.41. The van der Waals surface area contributed by atoms with E-state index in [0.29, 0.717) is 66.9 Å². The summed E-state index contributed by atoms with van der Waals surface area (Å²) in [5.74, 6) is 0.765. The van der Waals surface area contributed by atoms with Crippen molar-refractivity contribution in [3.05, 3.63) is 53.6 Å². The molecule has 0 aliphatic heterocycles. The van der Waals surface area contributed by atoms with Crippen LogP contribution in [0.1, 0.15) is 105 Å². The number of rotatable bonds is 16. The fourth-order valence-corrected chi connectivity index (χ4v) is 5.61. The topological polar surface area (TPSA) is 68.9 Å². The van der Waals surface area contributed by atoms with Crippen molar-refractivity contribution >= 4 is 16.9 Å². The highest BCUT2D eigenvalue weighted by molar-refractivity contribution is 5.84. The molecule has 2 atom stereocenters. The normalized spacial score (nSPS) is 14.5. The van der Waals surface area contributed by atoms with E-state index in [1.54, 1.807) is 30.3 Å². The van der Waals surface area contributed by atoms with Crippen molar-refractivity contribution in [2.75, 3.05) is 13.2 Å². The molecule has 1 heterocycles. The second kappa shape index (κ2) is 15.5. The Morgan fingerprint density at radius 3 is 2.33 bits per heavy atom. The number of alkyl halides is 3. The minimum Gasteiger partial charge on any atom is -0.493 e. The monoisotopic (exact) mass is 632 g/mol. The number of halogens is 3. The third-order valence-corrected chi connectivity index (χ3v) is 8.74. The van der Waals surface area contributed by atoms with Crippen LogP contribution < -0.4 is 4.74 Å². The zero-order valence-corrected chi connectivity index (χ0v) is 28.0. The van der Waals surface area contributed by atoms with E-state index in [4.69, 9.17) is 13.9 Å². The molecule has 0 saturated heterocycles. The van der Waals surface area contributed by atoms with E-state index in [1.165, 1.54) is 12.1 Å². The van der Waals surface area contributed by atoms with Crippen LogP contribution in [0.3, 0.4) is 0 Å². The van der Waals surface area contributed by atoms with Gasteiger partial charge in [0.05, 0.1) is 23.7 Å². The molecule has 3 rings (SSSR count). The summed E-state index contributed by atoms with van der Waals surface area (Å²) < 4.78 is 59.3. The zero-order chi connectivity index (χ0) is 33.4. The Morgan fingerprint density at radius 1 is 0.956 bits per heavy atom. The van der Waals surface area contributed by atoms with Crippen molar-refractivity contribution in [2.24, 2.45) is 16.7 Å². The summed E-state index contributed by atoms with van der Waals surface area (Å²) in [7, 11) is 0. The summed E-state index contributed by atoms with van der Waals surface area (Å²) in [5, 5.41) is 11.1. The highest BCUT2D eigenvalue weighted by atomic mass is 19.4. The molecule has 250 valence electrons. The van der Waals surface area contributed by atoms with E-state index in [0.717, 1.165) is 19.3 Å². The molecule has 0 aliphatic rings. The number of esters is 1. The Bertz CT molecular complexity index is 1380. The fourth-order valence-electron chi connectivity index (χ4n) is 5.61. The van der Waals surface area contributed by atoms with Crippen molar-refractivity contribution < 1.29 is 37.0 Å². The first kappa shape index (κ1) is 36.5. The molecule has 0 fully saturated rings. The van der Waals surface area contributed by atoms with Crippen LogP contribution in [0.2, 0.25) is 0 Å². The van der Waals surface area contributed by atoms with E-state index in [-0.39, 0.29) is 29.3 Å². The van der Waals surface area contributed by atoms with Crippen LogP contribution in [0.15, 0.2) is 46.9 Å².